The van der Waals surface area contributed by atoms with Crippen LogP contribution in [0.4, 0.5) is 17.5 Å². The van der Waals surface area contributed by atoms with Crippen LogP contribution in [0.3, 0.4) is 0 Å². The molecule has 1 heterocycles. The first-order chi connectivity index (χ1) is 10.6. The van der Waals surface area contributed by atoms with E-state index in [2.05, 4.69) is 27.5 Å². The summed E-state index contributed by atoms with van der Waals surface area (Å²) in [6.07, 6.45) is 2.18. The molecule has 0 aliphatic rings. The van der Waals surface area contributed by atoms with Gasteiger partial charge in [-0.2, -0.15) is 4.98 Å². The Morgan fingerprint density at radius 3 is 2.59 bits per heavy atom. The second kappa shape index (κ2) is 7.40. The Balaban J connectivity index is 2.09. The van der Waals surface area contributed by atoms with E-state index in [0.29, 0.717) is 11.8 Å². The van der Waals surface area contributed by atoms with Crippen molar-refractivity contribution in [2.75, 3.05) is 17.2 Å². The number of hydrogen-bond acceptors (Lipinski definition) is 5. The molecule has 0 saturated carbocycles. The summed E-state index contributed by atoms with van der Waals surface area (Å²) in [4.78, 5) is 19.6. The zero-order valence-electron chi connectivity index (χ0n) is 12.8. The lowest BCUT2D eigenvalue weighted by Crippen LogP contribution is -2.07. The van der Waals surface area contributed by atoms with Crippen molar-refractivity contribution >= 4 is 23.4 Å². The SMILES string of the molecule is CCCCNc1nc(C)cc(Nc2ccc(C(=O)O)cc2)n1. The van der Waals surface area contributed by atoms with E-state index < -0.39 is 5.97 Å². The highest BCUT2D eigenvalue weighted by Crippen LogP contribution is 2.17. The van der Waals surface area contributed by atoms with Crippen LogP contribution in [0.25, 0.3) is 0 Å². The van der Waals surface area contributed by atoms with Crippen molar-refractivity contribution in [3.8, 4) is 0 Å². The Labute approximate surface area is 129 Å². The Morgan fingerprint density at radius 1 is 1.23 bits per heavy atom. The summed E-state index contributed by atoms with van der Waals surface area (Å²) >= 11 is 0. The maximum Gasteiger partial charge on any atom is 0.335 e. The molecule has 0 unspecified atom stereocenters. The topological polar surface area (TPSA) is 87.1 Å². The summed E-state index contributed by atoms with van der Waals surface area (Å²) in [6.45, 7) is 4.88. The van der Waals surface area contributed by atoms with Gasteiger partial charge in [0.15, 0.2) is 0 Å². The van der Waals surface area contributed by atoms with Crippen LogP contribution in [0.15, 0.2) is 30.3 Å². The lowest BCUT2D eigenvalue weighted by molar-refractivity contribution is 0.0697. The number of benzene rings is 1. The predicted octanol–water partition coefficient (Wildman–Crippen LogP) is 3.44. The second-order valence-corrected chi connectivity index (χ2v) is 5.01. The van der Waals surface area contributed by atoms with Gasteiger partial charge in [0.2, 0.25) is 5.95 Å². The first-order valence-corrected chi connectivity index (χ1v) is 7.28. The molecule has 0 aliphatic heterocycles. The molecule has 2 aromatic rings. The van der Waals surface area contributed by atoms with Gasteiger partial charge in [-0.05, 0) is 37.6 Å². The van der Waals surface area contributed by atoms with E-state index in [0.717, 1.165) is 30.8 Å². The highest BCUT2D eigenvalue weighted by molar-refractivity contribution is 5.88. The van der Waals surface area contributed by atoms with E-state index >= 15 is 0 Å². The Morgan fingerprint density at radius 2 is 1.95 bits per heavy atom. The zero-order valence-corrected chi connectivity index (χ0v) is 12.8. The van der Waals surface area contributed by atoms with E-state index in [1.165, 1.54) is 0 Å². The number of unbranched alkanes of at least 4 members (excludes halogenated alkanes) is 1. The first kappa shape index (κ1) is 15.8. The molecule has 22 heavy (non-hydrogen) atoms. The van der Waals surface area contributed by atoms with Crippen molar-refractivity contribution in [3.05, 3.63) is 41.6 Å². The van der Waals surface area contributed by atoms with E-state index in [1.54, 1.807) is 24.3 Å². The number of anilines is 3. The highest BCUT2D eigenvalue weighted by atomic mass is 16.4. The summed E-state index contributed by atoms with van der Waals surface area (Å²) in [5, 5.41) is 15.2. The number of aromatic carboxylic acids is 1. The highest BCUT2D eigenvalue weighted by Gasteiger charge is 2.04. The molecule has 0 atom stereocenters. The molecular formula is C16H20N4O2. The number of rotatable bonds is 7. The largest absolute Gasteiger partial charge is 0.478 e. The number of nitrogens with one attached hydrogen (secondary N) is 2. The number of carboxylic acid groups (broad SMARTS) is 1. The van der Waals surface area contributed by atoms with Crippen molar-refractivity contribution in [2.45, 2.75) is 26.7 Å². The van der Waals surface area contributed by atoms with Crippen molar-refractivity contribution in [2.24, 2.45) is 0 Å². The maximum absolute atomic E-state index is 10.8. The van der Waals surface area contributed by atoms with Crippen LogP contribution in [-0.2, 0) is 0 Å². The van der Waals surface area contributed by atoms with Crippen molar-refractivity contribution < 1.29 is 9.90 Å². The van der Waals surface area contributed by atoms with E-state index in [1.807, 2.05) is 13.0 Å². The van der Waals surface area contributed by atoms with Crippen LogP contribution in [0.2, 0.25) is 0 Å². The molecule has 0 aliphatic carbocycles. The molecule has 1 aromatic heterocycles. The zero-order chi connectivity index (χ0) is 15.9. The fourth-order valence-electron chi connectivity index (χ4n) is 1.93. The predicted molar refractivity (Wildman–Crippen MR) is 86.9 cm³/mol. The van der Waals surface area contributed by atoms with Gasteiger partial charge in [-0.15, -0.1) is 0 Å². The monoisotopic (exact) mass is 300 g/mol. The van der Waals surface area contributed by atoms with Gasteiger partial charge in [-0.1, -0.05) is 13.3 Å². The average molecular weight is 300 g/mol. The number of nitrogens with zero attached hydrogens (tertiary/aromatic N) is 2. The third-order valence-electron chi connectivity index (χ3n) is 3.07. The molecular weight excluding hydrogens is 280 g/mol. The summed E-state index contributed by atoms with van der Waals surface area (Å²) in [7, 11) is 0. The number of hydrogen-bond donors (Lipinski definition) is 3. The summed E-state index contributed by atoms with van der Waals surface area (Å²) in [5.74, 6) is 0.333. The average Bonchev–Trinajstić information content (AvgIpc) is 2.47. The lowest BCUT2D eigenvalue weighted by Gasteiger charge is -2.10. The minimum atomic E-state index is -0.938. The molecule has 0 saturated heterocycles. The molecule has 0 radical (unpaired) electrons. The van der Waals surface area contributed by atoms with Gasteiger partial charge in [-0.25, -0.2) is 9.78 Å². The van der Waals surface area contributed by atoms with Gasteiger partial charge in [0, 0.05) is 24.0 Å². The number of carbonyl (C=O) groups is 1. The van der Waals surface area contributed by atoms with Crippen LogP contribution >= 0.6 is 0 Å². The minimum Gasteiger partial charge on any atom is -0.478 e. The third kappa shape index (κ3) is 4.44. The summed E-state index contributed by atoms with van der Waals surface area (Å²) in [5.41, 5.74) is 1.90. The number of aryl methyl sites for hydroxylation is 1. The van der Waals surface area contributed by atoms with E-state index in [-0.39, 0.29) is 5.56 Å². The third-order valence-corrected chi connectivity index (χ3v) is 3.07. The Kier molecular flexibility index (Phi) is 5.30. The van der Waals surface area contributed by atoms with Crippen LogP contribution in [0.5, 0.6) is 0 Å². The van der Waals surface area contributed by atoms with E-state index in [4.69, 9.17) is 5.11 Å². The Bertz CT molecular complexity index is 641. The van der Waals surface area contributed by atoms with Crippen molar-refractivity contribution in [1.82, 2.24) is 9.97 Å². The molecule has 0 amide bonds. The molecule has 1 aromatic carbocycles. The fraction of sp³-hybridized carbons (Fsp3) is 0.312. The molecule has 0 fully saturated rings. The van der Waals surface area contributed by atoms with Crippen LogP contribution in [-0.4, -0.2) is 27.6 Å². The molecule has 6 heteroatoms. The maximum atomic E-state index is 10.8. The van der Waals surface area contributed by atoms with Gasteiger partial charge in [0.1, 0.15) is 5.82 Å². The van der Waals surface area contributed by atoms with Crippen LogP contribution < -0.4 is 10.6 Å². The standard InChI is InChI=1S/C16H20N4O2/c1-3-4-9-17-16-18-11(2)10-14(20-16)19-13-7-5-12(6-8-13)15(21)22/h5-8,10H,3-4,9H2,1-2H3,(H,21,22)(H2,17,18,19,20). The van der Waals surface area contributed by atoms with Gasteiger partial charge >= 0.3 is 5.97 Å². The molecule has 6 nitrogen and oxygen atoms in total. The molecule has 0 bridgehead atoms. The summed E-state index contributed by atoms with van der Waals surface area (Å²) in [6, 6.07) is 8.38. The smallest absolute Gasteiger partial charge is 0.335 e. The lowest BCUT2D eigenvalue weighted by atomic mass is 10.2. The van der Waals surface area contributed by atoms with Gasteiger partial charge < -0.3 is 15.7 Å². The molecule has 2 rings (SSSR count). The van der Waals surface area contributed by atoms with E-state index in [9.17, 15) is 4.79 Å². The molecule has 3 N–H and O–H groups in total. The van der Waals surface area contributed by atoms with Crippen LogP contribution in [0, 0.1) is 6.92 Å². The number of aromatic nitrogens is 2. The second-order valence-electron chi connectivity index (χ2n) is 5.01. The quantitative estimate of drug-likeness (QED) is 0.679. The fourth-order valence-corrected chi connectivity index (χ4v) is 1.93. The van der Waals surface area contributed by atoms with Crippen LogP contribution in [0.1, 0.15) is 35.8 Å². The number of carboxylic acids is 1. The van der Waals surface area contributed by atoms with Gasteiger partial charge in [0.05, 0.1) is 5.56 Å². The Hall–Kier alpha value is -2.63. The summed E-state index contributed by atoms with van der Waals surface area (Å²) < 4.78 is 0. The normalized spacial score (nSPS) is 10.3. The first-order valence-electron chi connectivity index (χ1n) is 7.28. The van der Waals surface area contributed by atoms with Crippen molar-refractivity contribution in [3.63, 3.8) is 0 Å². The van der Waals surface area contributed by atoms with Gasteiger partial charge in [0.25, 0.3) is 0 Å². The van der Waals surface area contributed by atoms with Crippen molar-refractivity contribution in [1.29, 1.82) is 0 Å². The minimum absolute atomic E-state index is 0.256. The van der Waals surface area contributed by atoms with Gasteiger partial charge in [-0.3, -0.25) is 0 Å². The molecule has 116 valence electrons. The molecule has 0 spiro atoms.